The minimum atomic E-state index is -0.418. The van der Waals surface area contributed by atoms with Crippen LogP contribution >= 0.6 is 0 Å². The highest BCUT2D eigenvalue weighted by Gasteiger charge is 2.23. The number of hydrogen-bond acceptors (Lipinski definition) is 4. The van der Waals surface area contributed by atoms with Crippen LogP contribution in [0.3, 0.4) is 0 Å². The van der Waals surface area contributed by atoms with Crippen molar-refractivity contribution in [3.05, 3.63) is 35.4 Å². The second-order valence-corrected chi connectivity index (χ2v) is 5.24. The number of carbonyl (C=O) groups is 1. The Balaban J connectivity index is 2.10. The molecule has 7 heteroatoms. The summed E-state index contributed by atoms with van der Waals surface area (Å²) >= 11 is 0. The molecule has 2 unspecified atom stereocenters. The van der Waals surface area contributed by atoms with E-state index in [4.69, 9.17) is 0 Å². The van der Waals surface area contributed by atoms with Gasteiger partial charge in [-0.2, -0.15) is 10.2 Å². The minimum absolute atomic E-state index is 0.0822. The summed E-state index contributed by atoms with van der Waals surface area (Å²) in [6.07, 6.45) is 5.46. The summed E-state index contributed by atoms with van der Waals surface area (Å²) in [5, 5.41) is 14.4. The molecule has 0 spiro atoms. The first kappa shape index (κ1) is 15.2. The lowest BCUT2D eigenvalue weighted by Gasteiger charge is -2.19. The van der Waals surface area contributed by atoms with E-state index in [1.165, 1.54) is 0 Å². The number of rotatable bonds is 5. The Morgan fingerprint density at radius 1 is 1.29 bits per heavy atom. The third-order valence-corrected chi connectivity index (χ3v) is 3.49. The number of aryl methyl sites for hydroxylation is 3. The zero-order valence-corrected chi connectivity index (χ0v) is 13.1. The normalized spacial score (nSPS) is 14.0. The van der Waals surface area contributed by atoms with Gasteiger partial charge in [0.05, 0.1) is 17.9 Å². The van der Waals surface area contributed by atoms with E-state index >= 15 is 0 Å². The highest BCUT2D eigenvalue weighted by atomic mass is 16.2. The summed E-state index contributed by atoms with van der Waals surface area (Å²) in [7, 11) is 5.46. The molecule has 0 aliphatic heterocycles. The molecule has 2 atom stereocenters. The van der Waals surface area contributed by atoms with Crippen molar-refractivity contribution in [2.75, 3.05) is 7.05 Å². The van der Waals surface area contributed by atoms with E-state index in [2.05, 4.69) is 20.8 Å². The minimum Gasteiger partial charge on any atom is -0.348 e. The van der Waals surface area contributed by atoms with E-state index in [9.17, 15) is 4.79 Å². The number of nitrogens with zero attached hydrogens (tertiary/aromatic N) is 4. The SMILES string of the molecule is CNC(C(=O)NC(C)c1cn(C)nc1C)c1cnn(C)c1. The summed E-state index contributed by atoms with van der Waals surface area (Å²) in [6.45, 7) is 3.90. The second-order valence-electron chi connectivity index (χ2n) is 5.24. The molecule has 0 aliphatic rings. The summed E-state index contributed by atoms with van der Waals surface area (Å²) in [4.78, 5) is 12.4. The molecular weight excluding hydrogens is 268 g/mol. The number of nitrogens with one attached hydrogen (secondary N) is 2. The van der Waals surface area contributed by atoms with E-state index in [0.29, 0.717) is 0 Å². The molecular formula is C14H22N6O. The number of likely N-dealkylation sites (N-methyl/N-ethyl adjacent to an activating group) is 1. The van der Waals surface area contributed by atoms with Crippen LogP contribution in [0.1, 0.15) is 35.8 Å². The Hall–Kier alpha value is -2.15. The zero-order chi connectivity index (χ0) is 15.6. The van der Waals surface area contributed by atoms with Gasteiger partial charge in [0.25, 0.3) is 0 Å². The van der Waals surface area contributed by atoms with Crippen molar-refractivity contribution in [1.82, 2.24) is 30.2 Å². The van der Waals surface area contributed by atoms with Crippen LogP contribution in [0, 0.1) is 6.92 Å². The largest absolute Gasteiger partial charge is 0.348 e. The van der Waals surface area contributed by atoms with Crippen LogP contribution in [0.15, 0.2) is 18.6 Å². The van der Waals surface area contributed by atoms with Gasteiger partial charge in [-0.15, -0.1) is 0 Å². The van der Waals surface area contributed by atoms with E-state index in [1.54, 1.807) is 22.6 Å². The quantitative estimate of drug-likeness (QED) is 0.845. The molecule has 2 N–H and O–H groups in total. The third kappa shape index (κ3) is 3.30. The lowest BCUT2D eigenvalue weighted by Crippen LogP contribution is -2.37. The van der Waals surface area contributed by atoms with Crippen LogP contribution in [0.4, 0.5) is 0 Å². The Morgan fingerprint density at radius 2 is 2.00 bits per heavy atom. The third-order valence-electron chi connectivity index (χ3n) is 3.49. The molecule has 7 nitrogen and oxygen atoms in total. The van der Waals surface area contributed by atoms with Crippen LogP contribution in [-0.2, 0) is 18.9 Å². The molecule has 2 aromatic heterocycles. The van der Waals surface area contributed by atoms with E-state index in [-0.39, 0.29) is 11.9 Å². The van der Waals surface area contributed by atoms with Crippen molar-refractivity contribution < 1.29 is 4.79 Å². The van der Waals surface area contributed by atoms with Gasteiger partial charge in [0.1, 0.15) is 6.04 Å². The van der Waals surface area contributed by atoms with Gasteiger partial charge >= 0.3 is 0 Å². The Bertz CT molecular complexity index is 629. The van der Waals surface area contributed by atoms with Gasteiger partial charge in [0.15, 0.2) is 0 Å². The van der Waals surface area contributed by atoms with Crippen molar-refractivity contribution in [1.29, 1.82) is 0 Å². The molecule has 2 aromatic rings. The van der Waals surface area contributed by atoms with Gasteiger partial charge in [-0.1, -0.05) is 0 Å². The fourth-order valence-corrected chi connectivity index (χ4v) is 2.46. The van der Waals surface area contributed by atoms with Crippen molar-refractivity contribution >= 4 is 5.91 Å². The molecule has 0 aromatic carbocycles. The van der Waals surface area contributed by atoms with Crippen LogP contribution in [-0.4, -0.2) is 32.5 Å². The van der Waals surface area contributed by atoms with E-state index in [0.717, 1.165) is 16.8 Å². The summed E-state index contributed by atoms with van der Waals surface area (Å²) < 4.78 is 3.44. The molecule has 0 radical (unpaired) electrons. The van der Waals surface area contributed by atoms with Crippen molar-refractivity contribution in [3.8, 4) is 0 Å². The highest BCUT2D eigenvalue weighted by molar-refractivity contribution is 5.83. The number of aromatic nitrogens is 4. The average molecular weight is 290 g/mol. The maximum Gasteiger partial charge on any atom is 0.242 e. The van der Waals surface area contributed by atoms with Crippen LogP contribution in [0.25, 0.3) is 0 Å². The molecule has 0 fully saturated rings. The fourth-order valence-electron chi connectivity index (χ4n) is 2.46. The maximum atomic E-state index is 12.4. The molecule has 21 heavy (non-hydrogen) atoms. The molecule has 0 aliphatic carbocycles. The Kier molecular flexibility index (Phi) is 4.42. The van der Waals surface area contributed by atoms with Gasteiger partial charge < -0.3 is 10.6 Å². The van der Waals surface area contributed by atoms with E-state index < -0.39 is 6.04 Å². The molecule has 114 valence electrons. The number of amides is 1. The van der Waals surface area contributed by atoms with Gasteiger partial charge in [-0.05, 0) is 20.9 Å². The first-order valence-electron chi connectivity index (χ1n) is 6.88. The Labute approximate surface area is 124 Å². The second kappa shape index (κ2) is 6.09. The van der Waals surface area contributed by atoms with Crippen LogP contribution < -0.4 is 10.6 Å². The summed E-state index contributed by atoms with van der Waals surface area (Å²) in [5.41, 5.74) is 2.78. The maximum absolute atomic E-state index is 12.4. The predicted molar refractivity (Wildman–Crippen MR) is 79.5 cm³/mol. The predicted octanol–water partition coefficient (Wildman–Crippen LogP) is 0.600. The first-order chi connectivity index (χ1) is 9.92. The van der Waals surface area contributed by atoms with Gasteiger partial charge in [-0.3, -0.25) is 14.2 Å². The Morgan fingerprint density at radius 3 is 2.48 bits per heavy atom. The lowest BCUT2D eigenvalue weighted by molar-refractivity contribution is -0.123. The first-order valence-corrected chi connectivity index (χ1v) is 6.88. The van der Waals surface area contributed by atoms with Gasteiger partial charge in [-0.25, -0.2) is 0 Å². The monoisotopic (exact) mass is 290 g/mol. The van der Waals surface area contributed by atoms with Gasteiger partial charge in [0, 0.05) is 37.6 Å². The fraction of sp³-hybridized carbons (Fsp3) is 0.500. The van der Waals surface area contributed by atoms with Crippen molar-refractivity contribution in [3.63, 3.8) is 0 Å². The zero-order valence-electron chi connectivity index (χ0n) is 13.1. The number of hydrogen-bond donors (Lipinski definition) is 2. The summed E-state index contributed by atoms with van der Waals surface area (Å²) in [6, 6.07) is -0.517. The smallest absolute Gasteiger partial charge is 0.242 e. The molecule has 0 bridgehead atoms. The molecule has 2 heterocycles. The summed E-state index contributed by atoms with van der Waals surface area (Å²) in [5.74, 6) is -0.0822. The molecule has 2 rings (SSSR count). The average Bonchev–Trinajstić information content (AvgIpc) is 2.96. The molecule has 0 saturated heterocycles. The topological polar surface area (TPSA) is 76.8 Å². The van der Waals surface area contributed by atoms with E-state index in [1.807, 2.05) is 40.3 Å². The number of carbonyl (C=O) groups excluding carboxylic acids is 1. The van der Waals surface area contributed by atoms with Gasteiger partial charge in [0.2, 0.25) is 5.91 Å². The lowest BCUT2D eigenvalue weighted by atomic mass is 10.1. The molecule has 0 saturated carbocycles. The molecule has 1 amide bonds. The van der Waals surface area contributed by atoms with Crippen LogP contribution in [0.5, 0.6) is 0 Å². The van der Waals surface area contributed by atoms with Crippen LogP contribution in [0.2, 0.25) is 0 Å². The van der Waals surface area contributed by atoms with Crippen molar-refractivity contribution in [2.24, 2.45) is 14.1 Å². The van der Waals surface area contributed by atoms with Crippen molar-refractivity contribution in [2.45, 2.75) is 25.9 Å². The highest BCUT2D eigenvalue weighted by Crippen LogP contribution is 2.18. The standard InChI is InChI=1S/C14H22N6O/c1-9(12-8-20(5)18-10(12)2)17-14(21)13(15-3)11-6-16-19(4)7-11/h6-9,13,15H,1-5H3,(H,17,21).